The molecule has 1 N–H and O–H groups in total. The number of fused-ring (bicyclic) bond motifs is 1. The second-order valence-electron chi connectivity index (χ2n) is 3.89. The van der Waals surface area contributed by atoms with Crippen LogP contribution in [0.1, 0.15) is 17.0 Å². The molecule has 0 aliphatic carbocycles. The molecule has 0 aromatic carbocycles. The molecule has 0 unspecified atom stereocenters. The first-order chi connectivity index (χ1) is 8.38. The molecule has 0 bridgehead atoms. The predicted octanol–water partition coefficient (Wildman–Crippen LogP) is 0.634. The van der Waals surface area contributed by atoms with Crippen molar-refractivity contribution >= 4 is 5.82 Å². The third-order valence-corrected chi connectivity index (χ3v) is 2.88. The van der Waals surface area contributed by atoms with Gasteiger partial charge in [-0.05, 0) is 0 Å². The van der Waals surface area contributed by atoms with Crippen molar-refractivity contribution in [1.82, 2.24) is 20.2 Å². The third kappa shape index (κ3) is 1.61. The molecule has 17 heavy (non-hydrogen) atoms. The second kappa shape index (κ2) is 3.87. The number of nitrogens with one attached hydrogen (secondary N) is 1. The summed E-state index contributed by atoms with van der Waals surface area (Å²) in [4.78, 5) is 10.3. The quantitative estimate of drug-likeness (QED) is 0.771. The molecule has 0 saturated carbocycles. The molecule has 84 valence electrons. The molecule has 2 aromatic rings. The number of rotatable bonds is 1. The van der Waals surface area contributed by atoms with Gasteiger partial charge in [0.1, 0.15) is 6.07 Å². The first kappa shape index (κ1) is 9.78. The Balaban J connectivity index is 1.95. The Bertz CT molecular complexity index is 582. The fraction of sp³-hybridized carbons (Fsp3) is 0.273. The molecular formula is C11H10N6. The molecule has 0 radical (unpaired) electrons. The van der Waals surface area contributed by atoms with Gasteiger partial charge in [-0.15, -0.1) is 0 Å². The first-order valence-electron chi connectivity index (χ1n) is 5.35. The summed E-state index contributed by atoms with van der Waals surface area (Å²) in [5, 5.41) is 16.0. The highest BCUT2D eigenvalue weighted by Gasteiger charge is 2.21. The number of aromatic amines is 1. The van der Waals surface area contributed by atoms with Crippen LogP contribution in [0.2, 0.25) is 0 Å². The Hall–Kier alpha value is -2.42. The number of nitriles is 1. The zero-order valence-electron chi connectivity index (χ0n) is 9.09. The average Bonchev–Trinajstić information content (AvgIpc) is 2.85. The number of anilines is 1. The fourth-order valence-corrected chi connectivity index (χ4v) is 2.04. The Morgan fingerprint density at radius 2 is 2.24 bits per heavy atom. The van der Waals surface area contributed by atoms with Crippen LogP contribution in [-0.2, 0) is 13.0 Å². The van der Waals surface area contributed by atoms with Gasteiger partial charge in [-0.2, -0.15) is 10.4 Å². The van der Waals surface area contributed by atoms with Crippen LogP contribution in [0.5, 0.6) is 0 Å². The Labute approximate surface area is 97.9 Å². The van der Waals surface area contributed by atoms with E-state index in [9.17, 15) is 0 Å². The van der Waals surface area contributed by atoms with Crippen LogP contribution in [0, 0.1) is 11.3 Å². The minimum absolute atomic E-state index is 0.374. The number of aromatic nitrogens is 4. The number of nitrogens with zero attached hydrogens (tertiary/aromatic N) is 5. The van der Waals surface area contributed by atoms with E-state index in [0.717, 1.165) is 25.1 Å². The van der Waals surface area contributed by atoms with Gasteiger partial charge in [-0.3, -0.25) is 5.10 Å². The molecule has 0 amide bonds. The van der Waals surface area contributed by atoms with Crippen LogP contribution in [0.25, 0.3) is 0 Å². The molecule has 2 aromatic heterocycles. The molecule has 0 spiro atoms. The average molecular weight is 226 g/mol. The molecule has 0 atom stereocenters. The molecule has 0 saturated heterocycles. The van der Waals surface area contributed by atoms with Crippen molar-refractivity contribution in [2.45, 2.75) is 13.0 Å². The normalized spacial score (nSPS) is 14.2. The van der Waals surface area contributed by atoms with Crippen LogP contribution in [0.15, 0.2) is 18.6 Å². The third-order valence-electron chi connectivity index (χ3n) is 2.88. The maximum Gasteiger partial charge on any atom is 0.183 e. The van der Waals surface area contributed by atoms with Crippen molar-refractivity contribution in [2.75, 3.05) is 11.4 Å². The minimum Gasteiger partial charge on any atom is -0.349 e. The van der Waals surface area contributed by atoms with E-state index in [4.69, 9.17) is 5.26 Å². The molecule has 6 heteroatoms. The largest absolute Gasteiger partial charge is 0.349 e. The molecule has 0 fully saturated rings. The summed E-state index contributed by atoms with van der Waals surface area (Å²) in [6, 6.07) is 2.07. The van der Waals surface area contributed by atoms with E-state index in [1.54, 1.807) is 6.20 Å². The van der Waals surface area contributed by atoms with Gasteiger partial charge < -0.3 is 4.90 Å². The van der Waals surface area contributed by atoms with Gasteiger partial charge >= 0.3 is 0 Å². The second-order valence-corrected chi connectivity index (χ2v) is 3.89. The summed E-state index contributed by atoms with van der Waals surface area (Å²) in [5.41, 5.74) is 2.70. The highest BCUT2D eigenvalue weighted by atomic mass is 15.2. The summed E-state index contributed by atoms with van der Waals surface area (Å²) in [6.45, 7) is 1.54. The van der Waals surface area contributed by atoms with Crippen molar-refractivity contribution in [3.63, 3.8) is 0 Å². The molecule has 6 nitrogen and oxygen atoms in total. The predicted molar refractivity (Wildman–Crippen MR) is 60.1 cm³/mol. The van der Waals surface area contributed by atoms with Gasteiger partial charge in [0.15, 0.2) is 11.5 Å². The van der Waals surface area contributed by atoms with Gasteiger partial charge in [-0.1, -0.05) is 0 Å². The SMILES string of the molecule is N#Cc1nccnc1N1CCc2[nH]ncc2C1. The summed E-state index contributed by atoms with van der Waals surface area (Å²) in [6.07, 6.45) is 5.86. The van der Waals surface area contributed by atoms with Gasteiger partial charge in [0.2, 0.25) is 0 Å². The number of hydrogen-bond acceptors (Lipinski definition) is 5. The topological polar surface area (TPSA) is 81.5 Å². The van der Waals surface area contributed by atoms with Crippen molar-refractivity contribution < 1.29 is 0 Å². The van der Waals surface area contributed by atoms with Gasteiger partial charge in [0.25, 0.3) is 0 Å². The zero-order valence-corrected chi connectivity index (χ0v) is 9.09. The van der Waals surface area contributed by atoms with Gasteiger partial charge in [-0.25, -0.2) is 9.97 Å². The van der Waals surface area contributed by atoms with Crippen LogP contribution < -0.4 is 4.90 Å². The lowest BCUT2D eigenvalue weighted by Crippen LogP contribution is -2.31. The lowest BCUT2D eigenvalue weighted by molar-refractivity contribution is 0.707. The van der Waals surface area contributed by atoms with E-state index in [0.29, 0.717) is 11.5 Å². The molecule has 1 aliphatic rings. The van der Waals surface area contributed by atoms with E-state index < -0.39 is 0 Å². The lowest BCUT2D eigenvalue weighted by Gasteiger charge is -2.27. The van der Waals surface area contributed by atoms with Gasteiger partial charge in [0.05, 0.1) is 6.20 Å². The zero-order chi connectivity index (χ0) is 11.7. The molecular weight excluding hydrogens is 216 g/mol. The minimum atomic E-state index is 0.374. The molecule has 3 rings (SSSR count). The lowest BCUT2D eigenvalue weighted by atomic mass is 10.1. The van der Waals surface area contributed by atoms with Crippen molar-refractivity contribution in [1.29, 1.82) is 5.26 Å². The summed E-state index contributed by atoms with van der Waals surface area (Å²) in [7, 11) is 0. The van der Waals surface area contributed by atoms with E-state index in [1.807, 2.05) is 6.20 Å². The van der Waals surface area contributed by atoms with Crippen LogP contribution in [0.3, 0.4) is 0 Å². The van der Waals surface area contributed by atoms with E-state index in [2.05, 4.69) is 31.1 Å². The summed E-state index contributed by atoms with van der Waals surface area (Å²) in [5.74, 6) is 0.654. The number of H-pyrrole nitrogens is 1. The summed E-state index contributed by atoms with van der Waals surface area (Å²) >= 11 is 0. The van der Waals surface area contributed by atoms with Crippen molar-refractivity contribution in [3.05, 3.63) is 35.5 Å². The number of hydrogen-bond donors (Lipinski definition) is 1. The van der Waals surface area contributed by atoms with E-state index in [1.165, 1.54) is 11.9 Å². The highest BCUT2D eigenvalue weighted by Crippen LogP contribution is 2.22. The van der Waals surface area contributed by atoms with Crippen molar-refractivity contribution in [2.24, 2.45) is 0 Å². The van der Waals surface area contributed by atoms with Gasteiger partial charge in [0, 0.05) is 43.2 Å². The Kier molecular flexibility index (Phi) is 2.22. The molecule has 3 heterocycles. The maximum absolute atomic E-state index is 9.01. The van der Waals surface area contributed by atoms with Crippen LogP contribution in [-0.4, -0.2) is 26.7 Å². The maximum atomic E-state index is 9.01. The van der Waals surface area contributed by atoms with Crippen LogP contribution in [0.4, 0.5) is 5.82 Å². The van der Waals surface area contributed by atoms with E-state index >= 15 is 0 Å². The summed E-state index contributed by atoms with van der Waals surface area (Å²) < 4.78 is 0. The fourth-order valence-electron chi connectivity index (χ4n) is 2.04. The Morgan fingerprint density at radius 3 is 3.12 bits per heavy atom. The smallest absolute Gasteiger partial charge is 0.183 e. The van der Waals surface area contributed by atoms with Crippen LogP contribution >= 0.6 is 0 Å². The van der Waals surface area contributed by atoms with E-state index in [-0.39, 0.29) is 0 Å². The first-order valence-corrected chi connectivity index (χ1v) is 5.35. The highest BCUT2D eigenvalue weighted by molar-refractivity contribution is 5.51. The van der Waals surface area contributed by atoms with Crippen molar-refractivity contribution in [3.8, 4) is 6.07 Å². The standard InChI is InChI=1S/C11H10N6/c12-5-10-11(14-3-2-13-10)17-4-1-9-8(7-17)6-15-16-9/h2-3,6H,1,4,7H2,(H,15,16). The Morgan fingerprint density at radius 1 is 1.35 bits per heavy atom. The molecule has 1 aliphatic heterocycles. The monoisotopic (exact) mass is 226 g/mol.